The fourth-order valence-corrected chi connectivity index (χ4v) is 2.20. The van der Waals surface area contributed by atoms with Gasteiger partial charge in [-0.05, 0) is 26.0 Å². The van der Waals surface area contributed by atoms with Crippen LogP contribution in [-0.4, -0.2) is 50.5 Å². The first-order valence-corrected chi connectivity index (χ1v) is 7.35. The SMILES string of the molecule is CCN(CCO)C(=O)Nc1ccccc1-c1nncn1CC. The standard InChI is InChI=1S/C15H21N5O2/c1-3-19(9-10-21)15(22)17-13-8-6-5-7-12(13)14-18-16-11-20(14)4-2/h5-8,11,21H,3-4,9-10H2,1-2H3,(H,17,22). The summed E-state index contributed by atoms with van der Waals surface area (Å²) in [7, 11) is 0. The lowest BCUT2D eigenvalue weighted by Crippen LogP contribution is -2.36. The highest BCUT2D eigenvalue weighted by atomic mass is 16.3. The molecule has 0 aliphatic carbocycles. The molecule has 0 aliphatic rings. The summed E-state index contributed by atoms with van der Waals surface area (Å²) in [6.45, 7) is 5.39. The molecule has 2 rings (SSSR count). The van der Waals surface area contributed by atoms with Crippen molar-refractivity contribution in [1.82, 2.24) is 19.7 Å². The minimum absolute atomic E-state index is 0.0624. The molecule has 0 radical (unpaired) electrons. The van der Waals surface area contributed by atoms with E-state index in [4.69, 9.17) is 5.11 Å². The molecule has 0 saturated carbocycles. The summed E-state index contributed by atoms with van der Waals surface area (Å²) in [5.74, 6) is 0.712. The van der Waals surface area contributed by atoms with Crippen molar-refractivity contribution in [2.45, 2.75) is 20.4 Å². The second-order valence-corrected chi connectivity index (χ2v) is 4.72. The van der Waals surface area contributed by atoms with E-state index in [1.807, 2.05) is 42.7 Å². The van der Waals surface area contributed by atoms with Crippen LogP contribution in [0.3, 0.4) is 0 Å². The van der Waals surface area contributed by atoms with Crippen molar-refractivity contribution in [3.63, 3.8) is 0 Å². The van der Waals surface area contributed by atoms with E-state index in [0.717, 1.165) is 12.1 Å². The fraction of sp³-hybridized carbons (Fsp3) is 0.400. The Morgan fingerprint density at radius 2 is 2.14 bits per heavy atom. The predicted molar refractivity (Wildman–Crippen MR) is 84.5 cm³/mol. The number of aliphatic hydroxyl groups is 1. The number of rotatable bonds is 6. The average molecular weight is 303 g/mol. The maximum absolute atomic E-state index is 12.3. The van der Waals surface area contributed by atoms with Gasteiger partial charge < -0.3 is 19.9 Å². The number of carbonyl (C=O) groups excluding carboxylic acids is 1. The molecule has 1 heterocycles. The highest BCUT2D eigenvalue weighted by Crippen LogP contribution is 2.26. The van der Waals surface area contributed by atoms with Crippen LogP contribution < -0.4 is 5.32 Å². The lowest BCUT2D eigenvalue weighted by atomic mass is 10.1. The maximum Gasteiger partial charge on any atom is 0.321 e. The topological polar surface area (TPSA) is 83.3 Å². The van der Waals surface area contributed by atoms with Crippen molar-refractivity contribution in [2.75, 3.05) is 25.0 Å². The molecule has 0 unspecified atom stereocenters. The van der Waals surface area contributed by atoms with Gasteiger partial charge in [0, 0.05) is 25.2 Å². The zero-order valence-electron chi connectivity index (χ0n) is 12.9. The van der Waals surface area contributed by atoms with Crippen LogP contribution in [0.5, 0.6) is 0 Å². The summed E-state index contributed by atoms with van der Waals surface area (Å²) in [6, 6.07) is 7.23. The van der Waals surface area contributed by atoms with Crippen LogP contribution in [0.1, 0.15) is 13.8 Å². The van der Waals surface area contributed by atoms with Crippen molar-refractivity contribution in [3.05, 3.63) is 30.6 Å². The zero-order chi connectivity index (χ0) is 15.9. The Bertz CT molecular complexity index is 626. The molecule has 0 spiro atoms. The van der Waals surface area contributed by atoms with Gasteiger partial charge in [0.2, 0.25) is 0 Å². The summed E-state index contributed by atoms with van der Waals surface area (Å²) < 4.78 is 1.91. The Morgan fingerprint density at radius 3 is 2.82 bits per heavy atom. The van der Waals surface area contributed by atoms with Crippen LogP contribution in [0.2, 0.25) is 0 Å². The van der Waals surface area contributed by atoms with Crippen molar-refractivity contribution in [1.29, 1.82) is 0 Å². The van der Waals surface area contributed by atoms with Gasteiger partial charge in [0.25, 0.3) is 0 Å². The Morgan fingerprint density at radius 1 is 1.36 bits per heavy atom. The first-order valence-electron chi connectivity index (χ1n) is 7.35. The number of benzene rings is 1. The van der Waals surface area contributed by atoms with Crippen LogP contribution in [0.25, 0.3) is 11.4 Å². The number of hydrogen-bond donors (Lipinski definition) is 2. The molecule has 0 fully saturated rings. The number of nitrogens with one attached hydrogen (secondary N) is 1. The third-order valence-corrected chi connectivity index (χ3v) is 3.40. The van der Waals surface area contributed by atoms with E-state index in [0.29, 0.717) is 24.6 Å². The number of hydrogen-bond acceptors (Lipinski definition) is 4. The third kappa shape index (κ3) is 3.43. The monoisotopic (exact) mass is 303 g/mol. The summed E-state index contributed by atoms with van der Waals surface area (Å²) in [5.41, 5.74) is 1.49. The number of para-hydroxylation sites is 1. The molecular formula is C15H21N5O2. The Balaban J connectivity index is 2.27. The minimum Gasteiger partial charge on any atom is -0.395 e. The van der Waals surface area contributed by atoms with Crippen LogP contribution >= 0.6 is 0 Å². The molecule has 22 heavy (non-hydrogen) atoms. The van der Waals surface area contributed by atoms with E-state index in [9.17, 15) is 4.79 Å². The molecule has 7 heteroatoms. The Labute approximate surface area is 129 Å². The lowest BCUT2D eigenvalue weighted by Gasteiger charge is -2.21. The van der Waals surface area contributed by atoms with Crippen molar-refractivity contribution >= 4 is 11.7 Å². The quantitative estimate of drug-likeness (QED) is 0.852. The first kappa shape index (κ1) is 16.0. The van der Waals surface area contributed by atoms with Gasteiger partial charge in [0.05, 0.1) is 12.3 Å². The van der Waals surface area contributed by atoms with E-state index in [-0.39, 0.29) is 12.6 Å². The maximum atomic E-state index is 12.3. The van der Waals surface area contributed by atoms with Gasteiger partial charge in [-0.15, -0.1) is 10.2 Å². The van der Waals surface area contributed by atoms with Crippen molar-refractivity contribution in [3.8, 4) is 11.4 Å². The van der Waals surface area contributed by atoms with Gasteiger partial charge in [0.1, 0.15) is 6.33 Å². The van der Waals surface area contributed by atoms with Crippen molar-refractivity contribution < 1.29 is 9.90 Å². The van der Waals surface area contributed by atoms with E-state index in [1.165, 1.54) is 0 Å². The number of anilines is 1. The number of urea groups is 1. The molecule has 118 valence electrons. The van der Waals surface area contributed by atoms with Gasteiger partial charge in [-0.2, -0.15) is 0 Å². The summed E-state index contributed by atoms with van der Waals surface area (Å²) >= 11 is 0. The number of amides is 2. The van der Waals surface area contributed by atoms with Gasteiger partial charge >= 0.3 is 6.03 Å². The molecular weight excluding hydrogens is 282 g/mol. The zero-order valence-corrected chi connectivity index (χ0v) is 12.9. The van der Waals surface area contributed by atoms with E-state index < -0.39 is 0 Å². The number of nitrogens with zero attached hydrogens (tertiary/aromatic N) is 4. The molecule has 0 bridgehead atoms. The minimum atomic E-state index is -0.244. The van der Waals surface area contributed by atoms with E-state index in [1.54, 1.807) is 11.2 Å². The van der Waals surface area contributed by atoms with Crippen LogP contribution in [0.15, 0.2) is 30.6 Å². The van der Waals surface area contributed by atoms with E-state index in [2.05, 4.69) is 15.5 Å². The molecule has 2 aromatic rings. The van der Waals surface area contributed by atoms with Gasteiger partial charge in [0.15, 0.2) is 5.82 Å². The second-order valence-electron chi connectivity index (χ2n) is 4.72. The molecule has 0 saturated heterocycles. The largest absolute Gasteiger partial charge is 0.395 e. The summed E-state index contributed by atoms with van der Waals surface area (Å²) in [5, 5.41) is 20.0. The number of likely N-dealkylation sites (N-methyl/N-ethyl adjacent to an activating group) is 1. The molecule has 1 aromatic carbocycles. The van der Waals surface area contributed by atoms with Crippen LogP contribution in [0, 0.1) is 0 Å². The van der Waals surface area contributed by atoms with Crippen LogP contribution in [0.4, 0.5) is 10.5 Å². The van der Waals surface area contributed by atoms with Gasteiger partial charge in [-0.1, -0.05) is 12.1 Å². The molecule has 0 atom stereocenters. The predicted octanol–water partition coefficient (Wildman–Crippen LogP) is 1.81. The molecule has 2 amide bonds. The van der Waals surface area contributed by atoms with Crippen LogP contribution in [-0.2, 0) is 6.54 Å². The molecule has 7 nitrogen and oxygen atoms in total. The van der Waals surface area contributed by atoms with Gasteiger partial charge in [-0.25, -0.2) is 4.79 Å². The Hall–Kier alpha value is -2.41. The number of carbonyl (C=O) groups is 1. The summed E-state index contributed by atoms with van der Waals surface area (Å²) in [6.07, 6.45) is 1.66. The van der Waals surface area contributed by atoms with Gasteiger partial charge in [-0.3, -0.25) is 0 Å². The average Bonchev–Trinajstić information content (AvgIpc) is 3.01. The lowest BCUT2D eigenvalue weighted by molar-refractivity contribution is 0.192. The molecule has 1 aromatic heterocycles. The van der Waals surface area contributed by atoms with E-state index >= 15 is 0 Å². The molecule has 0 aliphatic heterocycles. The number of aryl methyl sites for hydroxylation is 1. The highest BCUT2D eigenvalue weighted by Gasteiger charge is 2.15. The second kappa shape index (κ2) is 7.56. The fourth-order valence-electron chi connectivity index (χ4n) is 2.20. The highest BCUT2D eigenvalue weighted by molar-refractivity contribution is 5.93. The molecule has 2 N–H and O–H groups in total. The number of aliphatic hydroxyl groups excluding tert-OH is 1. The number of aromatic nitrogens is 3. The normalized spacial score (nSPS) is 10.5. The first-order chi connectivity index (χ1) is 10.7. The smallest absolute Gasteiger partial charge is 0.321 e. The Kier molecular flexibility index (Phi) is 5.48. The summed E-state index contributed by atoms with van der Waals surface area (Å²) in [4.78, 5) is 13.8. The van der Waals surface area contributed by atoms with Crippen molar-refractivity contribution in [2.24, 2.45) is 0 Å². The third-order valence-electron chi connectivity index (χ3n) is 3.40.